The molecule has 5 nitrogen and oxygen atoms in total. The summed E-state index contributed by atoms with van der Waals surface area (Å²) in [7, 11) is 1.79. The Hall–Kier alpha value is -2.30. The Labute approximate surface area is 200 Å². The molecule has 0 unspecified atom stereocenters. The predicted octanol–water partition coefficient (Wildman–Crippen LogP) is 6.14. The Bertz CT molecular complexity index is 1000. The highest BCUT2D eigenvalue weighted by atomic mass is 16.3. The minimum atomic E-state index is -0.271. The molecule has 1 N–H and O–H groups in total. The largest absolute Gasteiger partial charge is 0.507 e. The summed E-state index contributed by atoms with van der Waals surface area (Å²) in [4.78, 5) is 18.0. The molecule has 0 radical (unpaired) electrons. The van der Waals surface area contributed by atoms with E-state index in [0.717, 1.165) is 35.4 Å². The highest BCUT2D eigenvalue weighted by molar-refractivity contribution is 5.96. The van der Waals surface area contributed by atoms with Crippen molar-refractivity contribution in [2.45, 2.75) is 105 Å². The van der Waals surface area contributed by atoms with E-state index in [1.165, 1.54) is 12.8 Å². The first kappa shape index (κ1) is 26.9. The Balaban J connectivity index is 2.46. The zero-order valence-electron chi connectivity index (χ0n) is 22.5. The van der Waals surface area contributed by atoms with Crippen LogP contribution in [-0.4, -0.2) is 27.1 Å². The number of carbonyl (C=O) groups excluding carboxylic acids is 1. The van der Waals surface area contributed by atoms with Gasteiger partial charge in [0.25, 0.3) is 0 Å². The first-order chi connectivity index (χ1) is 15.2. The Morgan fingerprint density at radius 2 is 1.55 bits per heavy atom. The summed E-state index contributed by atoms with van der Waals surface area (Å²) in [6.45, 7) is 20.1. The zero-order chi connectivity index (χ0) is 25.1. The molecule has 0 aliphatic heterocycles. The summed E-state index contributed by atoms with van der Waals surface area (Å²) in [5.74, 6) is 1.03. The van der Waals surface area contributed by atoms with Crippen LogP contribution in [0.5, 0.6) is 5.75 Å². The molecule has 0 spiro atoms. The van der Waals surface area contributed by atoms with E-state index < -0.39 is 0 Å². The first-order valence-corrected chi connectivity index (χ1v) is 12.3. The van der Waals surface area contributed by atoms with Crippen molar-refractivity contribution in [2.24, 2.45) is 10.9 Å². The van der Waals surface area contributed by atoms with Gasteiger partial charge in [-0.15, -0.1) is 0 Å². The molecule has 0 aliphatic carbocycles. The van der Waals surface area contributed by atoms with Gasteiger partial charge in [0.05, 0.1) is 6.54 Å². The third kappa shape index (κ3) is 6.18. The second-order valence-electron chi connectivity index (χ2n) is 11.4. The van der Waals surface area contributed by atoms with Crippen molar-refractivity contribution >= 4 is 5.78 Å². The third-order valence-corrected chi connectivity index (χ3v) is 6.74. The number of nitrogens with zero attached hydrogens (tertiary/aromatic N) is 3. The number of ketones is 1. The van der Waals surface area contributed by atoms with Gasteiger partial charge in [0.15, 0.2) is 5.78 Å². The summed E-state index contributed by atoms with van der Waals surface area (Å²) in [5, 5.41) is 11.0. The van der Waals surface area contributed by atoms with Crippen LogP contribution in [0.1, 0.15) is 102 Å². The standard InChI is InChI=1S/C28H45N3O2/c1-11-20(12-2)13-14-31-19(3)17-30(26(31)29-10)18-24(32)21-15-22(27(4,5)6)25(33)23(16-21)28(7,8)9/h15-17,20,33H,11-14,18H2,1-10H3/b29-26-. The lowest BCUT2D eigenvalue weighted by Gasteiger charge is -2.28. The first-order valence-electron chi connectivity index (χ1n) is 12.3. The van der Waals surface area contributed by atoms with Crippen molar-refractivity contribution in [3.05, 3.63) is 46.3 Å². The number of hydrogen-bond donors (Lipinski definition) is 1. The van der Waals surface area contributed by atoms with Crippen molar-refractivity contribution in [1.82, 2.24) is 9.13 Å². The van der Waals surface area contributed by atoms with Gasteiger partial charge in [0, 0.05) is 42.2 Å². The molecule has 1 aromatic carbocycles. The Kier molecular flexibility index (Phi) is 8.42. The van der Waals surface area contributed by atoms with Crippen molar-refractivity contribution in [3.63, 3.8) is 0 Å². The van der Waals surface area contributed by atoms with Gasteiger partial charge in [-0.3, -0.25) is 9.79 Å². The van der Waals surface area contributed by atoms with Crippen LogP contribution in [0.4, 0.5) is 0 Å². The van der Waals surface area contributed by atoms with E-state index in [2.05, 4.69) is 71.9 Å². The molecule has 0 bridgehead atoms. The van der Waals surface area contributed by atoms with Crippen molar-refractivity contribution in [2.75, 3.05) is 7.05 Å². The lowest BCUT2D eigenvalue weighted by Crippen LogP contribution is -2.29. The van der Waals surface area contributed by atoms with Crippen molar-refractivity contribution < 1.29 is 9.90 Å². The number of aryl methyl sites for hydroxylation is 1. The van der Waals surface area contributed by atoms with Gasteiger partial charge in [-0.2, -0.15) is 0 Å². The van der Waals surface area contributed by atoms with Crippen LogP contribution in [-0.2, 0) is 23.9 Å². The topological polar surface area (TPSA) is 59.5 Å². The van der Waals surface area contributed by atoms with E-state index in [4.69, 9.17) is 0 Å². The molecule has 1 aromatic heterocycles. The predicted molar refractivity (Wildman–Crippen MR) is 137 cm³/mol. The molecule has 33 heavy (non-hydrogen) atoms. The zero-order valence-corrected chi connectivity index (χ0v) is 22.5. The average molecular weight is 456 g/mol. The van der Waals surface area contributed by atoms with Crippen LogP contribution < -0.4 is 5.62 Å². The fourth-order valence-corrected chi connectivity index (χ4v) is 4.50. The van der Waals surface area contributed by atoms with Crippen LogP contribution in [0.3, 0.4) is 0 Å². The molecule has 2 rings (SSSR count). The number of hydrogen-bond acceptors (Lipinski definition) is 3. The highest BCUT2D eigenvalue weighted by Crippen LogP contribution is 2.39. The SMILES string of the molecule is CCC(CC)CCn1c(C)cn(CC(=O)c2cc(C(C)(C)C)c(O)c(C(C)(C)C)c2)/c1=N/C. The quantitative estimate of drug-likeness (QED) is 0.486. The number of imidazole rings is 1. The summed E-state index contributed by atoms with van der Waals surface area (Å²) < 4.78 is 4.19. The van der Waals surface area contributed by atoms with Gasteiger partial charge in [-0.05, 0) is 42.2 Å². The fourth-order valence-electron chi connectivity index (χ4n) is 4.50. The van der Waals surface area contributed by atoms with E-state index in [0.29, 0.717) is 17.2 Å². The number of Topliss-reactive ketones (excluding diaryl/α,β-unsaturated/α-hetero) is 1. The Morgan fingerprint density at radius 1 is 1.03 bits per heavy atom. The van der Waals surface area contributed by atoms with E-state index in [-0.39, 0.29) is 23.2 Å². The van der Waals surface area contributed by atoms with E-state index in [1.807, 2.05) is 22.9 Å². The lowest BCUT2D eigenvalue weighted by atomic mass is 9.78. The number of phenols is 1. The Morgan fingerprint density at radius 3 is 1.97 bits per heavy atom. The molecule has 0 aliphatic rings. The maximum Gasteiger partial charge on any atom is 0.205 e. The molecule has 0 amide bonds. The average Bonchev–Trinajstić information content (AvgIpc) is 3.01. The second kappa shape index (κ2) is 10.3. The van der Waals surface area contributed by atoms with E-state index in [9.17, 15) is 9.90 Å². The lowest BCUT2D eigenvalue weighted by molar-refractivity contribution is 0.0970. The molecule has 1 heterocycles. The second-order valence-corrected chi connectivity index (χ2v) is 11.4. The molecule has 0 saturated carbocycles. The van der Waals surface area contributed by atoms with Crippen LogP contribution in [0.25, 0.3) is 0 Å². The van der Waals surface area contributed by atoms with Crippen LogP contribution in [0.15, 0.2) is 23.3 Å². The molecule has 2 aromatic rings. The molecule has 0 atom stereocenters. The maximum atomic E-state index is 13.5. The molecule has 0 fully saturated rings. The number of benzene rings is 1. The smallest absolute Gasteiger partial charge is 0.205 e. The molecule has 5 heteroatoms. The highest BCUT2D eigenvalue weighted by Gasteiger charge is 2.28. The van der Waals surface area contributed by atoms with Gasteiger partial charge in [-0.25, -0.2) is 0 Å². The summed E-state index contributed by atoms with van der Waals surface area (Å²) in [6, 6.07) is 3.74. The van der Waals surface area contributed by atoms with E-state index in [1.54, 1.807) is 7.05 Å². The molecular weight excluding hydrogens is 410 g/mol. The van der Waals surface area contributed by atoms with Gasteiger partial charge < -0.3 is 14.2 Å². The maximum absolute atomic E-state index is 13.5. The van der Waals surface area contributed by atoms with Crippen molar-refractivity contribution in [3.8, 4) is 5.75 Å². The van der Waals surface area contributed by atoms with Gasteiger partial charge in [0.1, 0.15) is 5.75 Å². The fraction of sp³-hybridized carbons (Fsp3) is 0.643. The monoisotopic (exact) mass is 455 g/mol. The van der Waals surface area contributed by atoms with Crippen LogP contribution in [0, 0.1) is 12.8 Å². The number of aromatic nitrogens is 2. The number of rotatable bonds is 8. The summed E-state index contributed by atoms with van der Waals surface area (Å²) >= 11 is 0. The molecule has 184 valence electrons. The molecular formula is C28H45N3O2. The van der Waals surface area contributed by atoms with Crippen LogP contribution in [0.2, 0.25) is 0 Å². The van der Waals surface area contributed by atoms with E-state index >= 15 is 0 Å². The molecule has 0 saturated heterocycles. The number of phenolic OH excluding ortho intramolecular Hbond substituents is 1. The van der Waals surface area contributed by atoms with Gasteiger partial charge >= 0.3 is 0 Å². The summed E-state index contributed by atoms with van der Waals surface area (Å²) in [5.41, 5.74) is 3.66. The summed E-state index contributed by atoms with van der Waals surface area (Å²) in [6.07, 6.45) is 5.51. The van der Waals surface area contributed by atoms with Gasteiger partial charge in [0.2, 0.25) is 5.62 Å². The number of aromatic hydroxyl groups is 1. The van der Waals surface area contributed by atoms with Gasteiger partial charge in [-0.1, -0.05) is 68.2 Å². The minimum Gasteiger partial charge on any atom is -0.507 e. The van der Waals surface area contributed by atoms with Crippen molar-refractivity contribution in [1.29, 1.82) is 0 Å². The third-order valence-electron chi connectivity index (χ3n) is 6.74. The van der Waals surface area contributed by atoms with Crippen LogP contribution >= 0.6 is 0 Å². The minimum absolute atomic E-state index is 0.0260. The normalized spacial score (nSPS) is 13.2. The number of carbonyl (C=O) groups is 1.